The summed E-state index contributed by atoms with van der Waals surface area (Å²) in [5.74, 6) is 1.57. The lowest BCUT2D eigenvalue weighted by molar-refractivity contribution is 0.0977. The average molecular weight is 437 g/mol. The van der Waals surface area contributed by atoms with Crippen LogP contribution in [0.25, 0.3) is 0 Å². The van der Waals surface area contributed by atoms with Crippen LogP contribution in [0.3, 0.4) is 0 Å². The van der Waals surface area contributed by atoms with Gasteiger partial charge in [-0.2, -0.15) is 0 Å². The van der Waals surface area contributed by atoms with Crippen LogP contribution in [0.1, 0.15) is 24.2 Å². The fourth-order valence-corrected chi connectivity index (χ4v) is 2.73. The molecule has 0 saturated heterocycles. The van der Waals surface area contributed by atoms with Crippen LogP contribution in [0, 0.1) is 5.92 Å². The highest BCUT2D eigenvalue weighted by Gasteiger charge is 2.11. The third-order valence-electron chi connectivity index (χ3n) is 3.34. The van der Waals surface area contributed by atoms with Gasteiger partial charge in [0.15, 0.2) is 5.11 Å². The maximum absolute atomic E-state index is 12.4. The Labute approximate surface area is 167 Å². The molecule has 0 aliphatic rings. The molecule has 26 heavy (non-hydrogen) atoms. The maximum atomic E-state index is 12.4. The Morgan fingerprint density at radius 1 is 1.19 bits per heavy atom. The van der Waals surface area contributed by atoms with Crippen molar-refractivity contribution < 1.29 is 14.3 Å². The first-order valence-corrected chi connectivity index (χ1v) is 9.28. The van der Waals surface area contributed by atoms with E-state index in [1.54, 1.807) is 37.4 Å². The number of methoxy groups -OCH3 is 1. The van der Waals surface area contributed by atoms with E-state index in [2.05, 4.69) is 40.4 Å². The number of benzene rings is 2. The molecule has 2 aromatic rings. The van der Waals surface area contributed by atoms with E-state index in [1.807, 2.05) is 12.1 Å². The molecule has 0 saturated carbocycles. The maximum Gasteiger partial charge on any atom is 0.257 e. The second-order valence-electron chi connectivity index (χ2n) is 5.99. The van der Waals surface area contributed by atoms with E-state index in [1.165, 1.54) is 0 Å². The molecule has 0 radical (unpaired) electrons. The summed E-state index contributed by atoms with van der Waals surface area (Å²) in [6.45, 7) is 4.76. The second-order valence-corrected chi connectivity index (χ2v) is 7.25. The highest BCUT2D eigenvalue weighted by atomic mass is 79.9. The number of nitrogens with one attached hydrogen (secondary N) is 2. The first kappa shape index (κ1) is 20.2. The molecule has 138 valence electrons. The fourth-order valence-electron chi connectivity index (χ4n) is 2.03. The van der Waals surface area contributed by atoms with E-state index in [4.69, 9.17) is 21.7 Å². The van der Waals surface area contributed by atoms with Gasteiger partial charge >= 0.3 is 0 Å². The van der Waals surface area contributed by atoms with E-state index in [0.29, 0.717) is 23.8 Å². The molecule has 7 heteroatoms. The molecule has 0 aromatic heterocycles. The first-order valence-electron chi connectivity index (χ1n) is 8.07. The van der Waals surface area contributed by atoms with Gasteiger partial charge in [-0.1, -0.05) is 13.8 Å². The number of hydrogen-bond acceptors (Lipinski definition) is 4. The minimum atomic E-state index is -0.299. The summed E-state index contributed by atoms with van der Waals surface area (Å²) in [5.41, 5.74) is 1.24. The molecule has 5 nitrogen and oxygen atoms in total. The molecule has 0 aliphatic carbocycles. The Morgan fingerprint density at radius 3 is 2.46 bits per heavy atom. The molecule has 0 spiro atoms. The standard InChI is InChI=1S/C19H21BrN2O3S/c1-12(2)11-25-17-9-4-13(10-16(17)20)18(23)22-19(26)21-14-5-7-15(24-3)8-6-14/h4-10,12H,11H2,1-3H3,(H2,21,22,23,26). The molecule has 2 N–H and O–H groups in total. The van der Waals surface area contributed by atoms with E-state index in [-0.39, 0.29) is 11.0 Å². The molecule has 0 fully saturated rings. The molecule has 0 unspecified atom stereocenters. The van der Waals surface area contributed by atoms with Gasteiger partial charge in [0.2, 0.25) is 0 Å². The summed E-state index contributed by atoms with van der Waals surface area (Å²) < 4.78 is 11.5. The number of amides is 1. The van der Waals surface area contributed by atoms with Gasteiger partial charge in [0, 0.05) is 11.3 Å². The van der Waals surface area contributed by atoms with Crippen molar-refractivity contribution in [3.63, 3.8) is 0 Å². The van der Waals surface area contributed by atoms with E-state index in [0.717, 1.165) is 15.9 Å². The van der Waals surface area contributed by atoms with Crippen molar-refractivity contribution in [3.05, 3.63) is 52.5 Å². The normalized spacial score (nSPS) is 10.3. The number of carbonyl (C=O) groups excluding carboxylic acids is 1. The van der Waals surface area contributed by atoms with Gasteiger partial charge in [0.25, 0.3) is 5.91 Å². The van der Waals surface area contributed by atoms with Gasteiger partial charge in [0.05, 0.1) is 18.2 Å². The summed E-state index contributed by atoms with van der Waals surface area (Å²) in [6.07, 6.45) is 0. The monoisotopic (exact) mass is 436 g/mol. The van der Waals surface area contributed by atoms with Crippen LogP contribution in [0.5, 0.6) is 11.5 Å². The highest BCUT2D eigenvalue weighted by molar-refractivity contribution is 9.10. The van der Waals surface area contributed by atoms with E-state index < -0.39 is 0 Å². The number of thiocarbonyl (C=S) groups is 1. The zero-order chi connectivity index (χ0) is 19.1. The number of halogens is 1. The van der Waals surface area contributed by atoms with Crippen molar-refractivity contribution in [3.8, 4) is 11.5 Å². The summed E-state index contributed by atoms with van der Waals surface area (Å²) in [7, 11) is 1.60. The van der Waals surface area contributed by atoms with Gasteiger partial charge in [-0.3, -0.25) is 10.1 Å². The average Bonchev–Trinajstić information content (AvgIpc) is 2.61. The molecular formula is C19H21BrN2O3S. The Kier molecular flexibility index (Phi) is 7.41. The molecule has 2 rings (SSSR count). The quantitative estimate of drug-likeness (QED) is 0.646. The van der Waals surface area contributed by atoms with E-state index in [9.17, 15) is 4.79 Å². The van der Waals surface area contributed by atoms with E-state index >= 15 is 0 Å². The van der Waals surface area contributed by atoms with Gasteiger partial charge in [-0.25, -0.2) is 0 Å². The van der Waals surface area contributed by atoms with Gasteiger partial charge in [-0.05, 0) is 76.5 Å². The molecule has 0 aliphatic heterocycles. The highest BCUT2D eigenvalue weighted by Crippen LogP contribution is 2.26. The summed E-state index contributed by atoms with van der Waals surface area (Å²) >= 11 is 8.63. The predicted octanol–water partition coefficient (Wildman–Crippen LogP) is 4.62. The van der Waals surface area contributed by atoms with Crippen molar-refractivity contribution in [2.45, 2.75) is 13.8 Å². The lowest BCUT2D eigenvalue weighted by atomic mass is 10.2. The van der Waals surface area contributed by atoms with Crippen LogP contribution in [0.2, 0.25) is 0 Å². The first-order chi connectivity index (χ1) is 12.4. The summed E-state index contributed by atoms with van der Waals surface area (Å²) in [5, 5.41) is 5.84. The Morgan fingerprint density at radius 2 is 1.88 bits per heavy atom. The summed E-state index contributed by atoms with van der Waals surface area (Å²) in [6, 6.07) is 12.4. The van der Waals surface area contributed by atoms with Gasteiger partial charge < -0.3 is 14.8 Å². The van der Waals surface area contributed by atoms with Crippen molar-refractivity contribution >= 4 is 44.9 Å². The van der Waals surface area contributed by atoms with Crippen molar-refractivity contribution in [1.29, 1.82) is 0 Å². The molecule has 0 heterocycles. The van der Waals surface area contributed by atoms with Crippen LogP contribution in [0.4, 0.5) is 5.69 Å². The second kappa shape index (κ2) is 9.54. The molecule has 0 bridgehead atoms. The van der Waals surface area contributed by atoms with Crippen LogP contribution in [-0.2, 0) is 0 Å². The lowest BCUT2D eigenvalue weighted by Gasteiger charge is -2.12. The van der Waals surface area contributed by atoms with Crippen molar-refractivity contribution in [2.75, 3.05) is 19.0 Å². The van der Waals surface area contributed by atoms with Crippen LogP contribution < -0.4 is 20.1 Å². The van der Waals surface area contributed by atoms with Crippen molar-refractivity contribution in [2.24, 2.45) is 5.92 Å². The number of hydrogen-bond donors (Lipinski definition) is 2. The largest absolute Gasteiger partial charge is 0.497 e. The van der Waals surface area contributed by atoms with Crippen LogP contribution in [-0.4, -0.2) is 24.7 Å². The number of ether oxygens (including phenoxy) is 2. The Bertz CT molecular complexity index is 779. The summed E-state index contributed by atoms with van der Waals surface area (Å²) in [4.78, 5) is 12.4. The third kappa shape index (κ3) is 6.00. The fraction of sp³-hybridized carbons (Fsp3) is 0.263. The minimum absolute atomic E-state index is 0.219. The molecule has 1 amide bonds. The van der Waals surface area contributed by atoms with Crippen LogP contribution in [0.15, 0.2) is 46.9 Å². The number of carbonyl (C=O) groups is 1. The lowest BCUT2D eigenvalue weighted by Crippen LogP contribution is -2.34. The Balaban J connectivity index is 1.95. The number of rotatable bonds is 6. The third-order valence-corrected chi connectivity index (χ3v) is 4.17. The zero-order valence-corrected chi connectivity index (χ0v) is 17.2. The zero-order valence-electron chi connectivity index (χ0n) is 14.8. The molecule has 2 aromatic carbocycles. The topological polar surface area (TPSA) is 59.6 Å². The van der Waals surface area contributed by atoms with Gasteiger partial charge in [-0.15, -0.1) is 0 Å². The van der Waals surface area contributed by atoms with Gasteiger partial charge in [0.1, 0.15) is 11.5 Å². The van der Waals surface area contributed by atoms with Crippen LogP contribution >= 0.6 is 28.1 Å². The molecule has 0 atom stereocenters. The Hall–Kier alpha value is -2.12. The minimum Gasteiger partial charge on any atom is -0.497 e. The SMILES string of the molecule is COc1ccc(NC(=S)NC(=O)c2ccc(OCC(C)C)c(Br)c2)cc1. The van der Waals surface area contributed by atoms with Crippen molar-refractivity contribution in [1.82, 2.24) is 5.32 Å². The molecular weight excluding hydrogens is 416 g/mol. The number of anilines is 1. The smallest absolute Gasteiger partial charge is 0.257 e. The predicted molar refractivity (Wildman–Crippen MR) is 111 cm³/mol.